The summed E-state index contributed by atoms with van der Waals surface area (Å²) in [6.45, 7) is 0. The maximum Gasteiger partial charge on any atom is 0.259 e. The fraction of sp³-hybridized carbons (Fsp3) is 0.0526. The molecule has 2 aromatic carbocycles. The molecular formula is C19H14N2OS2. The molecule has 0 aliphatic rings. The van der Waals surface area contributed by atoms with E-state index < -0.39 is 0 Å². The number of fused-ring (bicyclic) bond motifs is 1. The number of benzene rings is 2. The molecule has 2 aromatic heterocycles. The molecule has 0 saturated carbocycles. The second-order valence-corrected chi connectivity index (χ2v) is 7.18. The number of thiazole rings is 1. The third-order valence-electron chi connectivity index (χ3n) is 3.66. The van der Waals surface area contributed by atoms with Crippen LogP contribution >= 0.6 is 23.1 Å². The van der Waals surface area contributed by atoms with Crippen molar-refractivity contribution in [2.45, 2.75) is 10.6 Å². The fourth-order valence-electron chi connectivity index (χ4n) is 2.52. The lowest BCUT2D eigenvalue weighted by molar-refractivity contribution is 1.04. The lowest BCUT2D eigenvalue weighted by atomic mass is 10.2. The van der Waals surface area contributed by atoms with Crippen molar-refractivity contribution in [3.63, 3.8) is 0 Å². The Balaban J connectivity index is 1.68. The molecule has 0 fully saturated rings. The lowest BCUT2D eigenvalue weighted by Crippen LogP contribution is -2.14. The molecule has 118 valence electrons. The normalized spacial score (nSPS) is 11.0. The zero-order chi connectivity index (χ0) is 16.4. The molecule has 0 atom stereocenters. The molecule has 0 aliphatic carbocycles. The summed E-state index contributed by atoms with van der Waals surface area (Å²) in [5.74, 6) is 0.689. The first-order valence-corrected chi connectivity index (χ1v) is 9.41. The first kappa shape index (κ1) is 15.2. The summed E-state index contributed by atoms with van der Waals surface area (Å²) in [7, 11) is 0. The first-order chi connectivity index (χ1) is 11.8. The van der Waals surface area contributed by atoms with Crippen LogP contribution in [0.3, 0.4) is 0 Å². The molecular weight excluding hydrogens is 336 g/mol. The van der Waals surface area contributed by atoms with Gasteiger partial charge in [-0.2, -0.15) is 0 Å². The van der Waals surface area contributed by atoms with Gasteiger partial charge in [-0.15, -0.1) is 23.1 Å². The minimum atomic E-state index is -0.0243. The van der Waals surface area contributed by atoms with Gasteiger partial charge in [-0.1, -0.05) is 48.5 Å². The molecule has 0 spiro atoms. The Morgan fingerprint density at radius 2 is 1.71 bits per heavy atom. The van der Waals surface area contributed by atoms with Crippen LogP contribution in [0.1, 0.15) is 5.69 Å². The highest BCUT2D eigenvalue weighted by atomic mass is 32.2. The molecule has 4 rings (SSSR count). The van der Waals surface area contributed by atoms with Gasteiger partial charge in [0, 0.05) is 22.1 Å². The summed E-state index contributed by atoms with van der Waals surface area (Å²) in [5.41, 5.74) is 2.72. The van der Waals surface area contributed by atoms with Gasteiger partial charge in [-0.25, -0.2) is 4.98 Å². The van der Waals surface area contributed by atoms with Crippen LogP contribution in [0, 0.1) is 0 Å². The largest absolute Gasteiger partial charge is 0.269 e. The summed E-state index contributed by atoms with van der Waals surface area (Å²) < 4.78 is 1.69. The topological polar surface area (TPSA) is 34.4 Å². The van der Waals surface area contributed by atoms with E-state index >= 15 is 0 Å². The maximum atomic E-state index is 12.6. The van der Waals surface area contributed by atoms with Gasteiger partial charge in [0.15, 0.2) is 4.96 Å². The molecule has 3 nitrogen and oxygen atoms in total. The summed E-state index contributed by atoms with van der Waals surface area (Å²) in [4.78, 5) is 19.2. The van der Waals surface area contributed by atoms with Crippen LogP contribution < -0.4 is 5.56 Å². The number of thioether (sulfide) groups is 1. The van der Waals surface area contributed by atoms with Crippen LogP contribution in [0.15, 0.2) is 81.8 Å². The molecule has 0 N–H and O–H groups in total. The highest BCUT2D eigenvalue weighted by molar-refractivity contribution is 7.98. The molecule has 24 heavy (non-hydrogen) atoms. The van der Waals surface area contributed by atoms with Gasteiger partial charge in [-0.05, 0) is 17.7 Å². The Hall–Kier alpha value is -2.37. The van der Waals surface area contributed by atoms with Crippen LogP contribution in [0.4, 0.5) is 0 Å². The standard InChI is InChI=1S/C19H14N2OS2/c22-18-11-15(12-23-16-9-5-2-6-10-16)20-19-21(18)17(13-24-19)14-7-3-1-4-8-14/h1-11,13H,12H2. The van der Waals surface area contributed by atoms with Crippen molar-refractivity contribution in [1.82, 2.24) is 9.38 Å². The number of nitrogens with zero attached hydrogens (tertiary/aromatic N) is 2. The van der Waals surface area contributed by atoms with Gasteiger partial charge >= 0.3 is 0 Å². The molecule has 0 saturated heterocycles. The van der Waals surface area contributed by atoms with Crippen molar-refractivity contribution >= 4 is 28.1 Å². The van der Waals surface area contributed by atoms with Crippen LogP contribution in [0.25, 0.3) is 16.2 Å². The van der Waals surface area contributed by atoms with Gasteiger partial charge < -0.3 is 0 Å². The average molecular weight is 350 g/mol. The second kappa shape index (κ2) is 6.63. The van der Waals surface area contributed by atoms with E-state index in [0.717, 1.165) is 21.9 Å². The molecule has 2 heterocycles. The number of hydrogen-bond acceptors (Lipinski definition) is 4. The van der Waals surface area contributed by atoms with E-state index in [1.807, 2.05) is 53.9 Å². The van der Waals surface area contributed by atoms with Crippen molar-refractivity contribution in [2.24, 2.45) is 0 Å². The van der Waals surface area contributed by atoms with E-state index in [4.69, 9.17) is 0 Å². The van der Waals surface area contributed by atoms with Gasteiger partial charge in [-0.3, -0.25) is 9.20 Å². The molecule has 0 radical (unpaired) electrons. The van der Waals surface area contributed by atoms with Gasteiger partial charge in [0.2, 0.25) is 0 Å². The molecule has 0 unspecified atom stereocenters. The van der Waals surface area contributed by atoms with E-state index in [1.54, 1.807) is 22.2 Å². The number of rotatable bonds is 4. The highest BCUT2D eigenvalue weighted by Gasteiger charge is 2.10. The van der Waals surface area contributed by atoms with E-state index in [-0.39, 0.29) is 5.56 Å². The first-order valence-electron chi connectivity index (χ1n) is 7.55. The average Bonchev–Trinajstić information content (AvgIpc) is 3.06. The third kappa shape index (κ3) is 3.00. The SMILES string of the molecule is O=c1cc(CSc2ccccc2)nc2scc(-c3ccccc3)n12. The summed E-state index contributed by atoms with van der Waals surface area (Å²) >= 11 is 3.19. The lowest BCUT2D eigenvalue weighted by Gasteiger charge is -2.04. The van der Waals surface area contributed by atoms with Crippen LogP contribution in [0.2, 0.25) is 0 Å². The third-order valence-corrected chi connectivity index (χ3v) is 5.53. The van der Waals surface area contributed by atoms with Crippen molar-refractivity contribution in [1.29, 1.82) is 0 Å². The smallest absolute Gasteiger partial charge is 0.259 e. The molecule has 0 bridgehead atoms. The van der Waals surface area contributed by atoms with Crippen LogP contribution in [0.5, 0.6) is 0 Å². The molecule has 0 aliphatic heterocycles. The fourth-order valence-corrected chi connectivity index (χ4v) is 4.26. The Morgan fingerprint density at radius 3 is 2.46 bits per heavy atom. The Labute approximate surface area is 147 Å². The van der Waals surface area contributed by atoms with E-state index in [2.05, 4.69) is 17.1 Å². The Kier molecular flexibility index (Phi) is 4.19. The van der Waals surface area contributed by atoms with E-state index in [9.17, 15) is 4.79 Å². The van der Waals surface area contributed by atoms with Crippen molar-refractivity contribution in [3.05, 3.63) is 88.2 Å². The predicted molar refractivity (Wildman–Crippen MR) is 101 cm³/mol. The van der Waals surface area contributed by atoms with Crippen molar-refractivity contribution < 1.29 is 0 Å². The van der Waals surface area contributed by atoms with E-state index in [1.165, 1.54) is 16.2 Å². The second-order valence-electron chi connectivity index (χ2n) is 5.29. The Morgan fingerprint density at radius 1 is 1.00 bits per heavy atom. The van der Waals surface area contributed by atoms with Gasteiger partial charge in [0.05, 0.1) is 11.4 Å². The summed E-state index contributed by atoms with van der Waals surface area (Å²) in [6, 6.07) is 21.7. The maximum absolute atomic E-state index is 12.6. The van der Waals surface area contributed by atoms with Crippen molar-refractivity contribution in [2.75, 3.05) is 0 Å². The number of hydrogen-bond donors (Lipinski definition) is 0. The Bertz CT molecular complexity index is 1020. The minimum Gasteiger partial charge on any atom is -0.269 e. The zero-order valence-corrected chi connectivity index (χ0v) is 14.4. The quantitative estimate of drug-likeness (QED) is 0.500. The number of aromatic nitrogens is 2. The van der Waals surface area contributed by atoms with Crippen LogP contribution in [-0.4, -0.2) is 9.38 Å². The summed E-state index contributed by atoms with van der Waals surface area (Å²) in [6.07, 6.45) is 0. The van der Waals surface area contributed by atoms with Gasteiger partial charge in [0.25, 0.3) is 5.56 Å². The van der Waals surface area contributed by atoms with E-state index in [0.29, 0.717) is 5.75 Å². The zero-order valence-electron chi connectivity index (χ0n) is 12.8. The molecule has 5 heteroatoms. The molecule has 4 aromatic rings. The minimum absolute atomic E-state index is 0.0243. The summed E-state index contributed by atoms with van der Waals surface area (Å²) in [5, 5.41) is 1.99. The predicted octanol–water partition coefficient (Wildman–Crippen LogP) is 4.72. The van der Waals surface area contributed by atoms with Gasteiger partial charge in [0.1, 0.15) is 0 Å². The van der Waals surface area contributed by atoms with Crippen molar-refractivity contribution in [3.8, 4) is 11.3 Å². The van der Waals surface area contributed by atoms with Crippen LogP contribution in [-0.2, 0) is 5.75 Å². The monoisotopic (exact) mass is 350 g/mol. The highest BCUT2D eigenvalue weighted by Crippen LogP contribution is 2.25. The molecule has 0 amide bonds.